The third kappa shape index (κ3) is 2.08. The Kier molecular flexibility index (Phi) is 2.86. The Bertz CT molecular complexity index is 262. The van der Waals surface area contributed by atoms with E-state index in [1.807, 2.05) is 13.8 Å². The van der Waals surface area contributed by atoms with Crippen molar-refractivity contribution in [3.63, 3.8) is 0 Å². The molecule has 0 radical (unpaired) electrons. The van der Waals surface area contributed by atoms with Gasteiger partial charge < -0.3 is 10.1 Å². The molecule has 0 aromatic carbocycles. The SMILES string of the molecule is CC1CCNC(C2COC(C)(C)C2=O)C1. The molecule has 2 fully saturated rings. The molecule has 2 rings (SSSR count). The lowest BCUT2D eigenvalue weighted by Gasteiger charge is -2.31. The van der Waals surface area contributed by atoms with E-state index in [1.165, 1.54) is 6.42 Å². The van der Waals surface area contributed by atoms with Crippen LogP contribution >= 0.6 is 0 Å². The summed E-state index contributed by atoms with van der Waals surface area (Å²) in [6, 6.07) is 0.336. The molecule has 2 saturated heterocycles. The second-order valence-corrected chi connectivity index (χ2v) is 5.48. The molecule has 0 spiro atoms. The zero-order valence-corrected chi connectivity index (χ0v) is 9.88. The van der Waals surface area contributed by atoms with Gasteiger partial charge in [0.1, 0.15) is 5.60 Å². The van der Waals surface area contributed by atoms with Crippen LogP contribution in [0.1, 0.15) is 33.6 Å². The van der Waals surface area contributed by atoms with Gasteiger partial charge in [0.15, 0.2) is 5.78 Å². The molecule has 0 aliphatic carbocycles. The number of Topliss-reactive ketones (excluding diaryl/α,β-unsaturated/α-hetero) is 1. The highest BCUT2D eigenvalue weighted by molar-refractivity contribution is 5.91. The van der Waals surface area contributed by atoms with Crippen molar-refractivity contribution in [3.8, 4) is 0 Å². The van der Waals surface area contributed by atoms with Crippen molar-refractivity contribution in [2.24, 2.45) is 11.8 Å². The Labute approximate surface area is 91.6 Å². The number of ether oxygens (including phenoxy) is 1. The molecule has 3 atom stereocenters. The van der Waals surface area contributed by atoms with Crippen molar-refractivity contribution in [2.45, 2.75) is 45.3 Å². The van der Waals surface area contributed by atoms with Crippen LogP contribution in [0.5, 0.6) is 0 Å². The maximum absolute atomic E-state index is 12.1. The predicted octanol–water partition coefficient (Wildman–Crippen LogP) is 1.37. The molecule has 0 aromatic heterocycles. The fourth-order valence-corrected chi connectivity index (χ4v) is 2.65. The van der Waals surface area contributed by atoms with Crippen LogP contribution in [0.15, 0.2) is 0 Å². The van der Waals surface area contributed by atoms with E-state index in [0.29, 0.717) is 12.6 Å². The quantitative estimate of drug-likeness (QED) is 0.712. The van der Waals surface area contributed by atoms with E-state index in [4.69, 9.17) is 4.74 Å². The van der Waals surface area contributed by atoms with Gasteiger partial charge in [-0.2, -0.15) is 0 Å². The first-order valence-corrected chi connectivity index (χ1v) is 5.92. The molecule has 2 aliphatic rings. The van der Waals surface area contributed by atoms with E-state index >= 15 is 0 Å². The van der Waals surface area contributed by atoms with Crippen LogP contribution in [0, 0.1) is 11.8 Å². The highest BCUT2D eigenvalue weighted by Crippen LogP contribution is 2.31. The van der Waals surface area contributed by atoms with Gasteiger partial charge in [0.25, 0.3) is 0 Å². The Morgan fingerprint density at radius 3 is 2.73 bits per heavy atom. The minimum atomic E-state index is -0.562. The monoisotopic (exact) mass is 211 g/mol. The van der Waals surface area contributed by atoms with Gasteiger partial charge in [-0.05, 0) is 39.2 Å². The van der Waals surface area contributed by atoms with Crippen LogP contribution < -0.4 is 5.32 Å². The number of ketones is 1. The average molecular weight is 211 g/mol. The van der Waals surface area contributed by atoms with Crippen molar-refractivity contribution in [1.29, 1.82) is 0 Å². The summed E-state index contributed by atoms with van der Waals surface area (Å²) >= 11 is 0. The summed E-state index contributed by atoms with van der Waals surface area (Å²) in [4.78, 5) is 12.1. The fourth-order valence-electron chi connectivity index (χ4n) is 2.65. The summed E-state index contributed by atoms with van der Waals surface area (Å²) in [6.45, 7) is 7.65. The van der Waals surface area contributed by atoms with E-state index in [1.54, 1.807) is 0 Å². The topological polar surface area (TPSA) is 38.3 Å². The molecule has 2 aliphatic heterocycles. The lowest BCUT2D eigenvalue weighted by molar-refractivity contribution is -0.130. The molecule has 15 heavy (non-hydrogen) atoms. The first-order chi connectivity index (χ1) is 7.00. The standard InChI is InChI=1S/C12H21NO2/c1-8-4-5-13-10(6-8)9-7-15-12(2,3)11(9)14/h8-10,13H,4-7H2,1-3H3. The van der Waals surface area contributed by atoms with E-state index in [9.17, 15) is 4.79 Å². The molecule has 3 nitrogen and oxygen atoms in total. The number of piperidine rings is 1. The van der Waals surface area contributed by atoms with Gasteiger partial charge in [-0.15, -0.1) is 0 Å². The summed E-state index contributed by atoms with van der Waals surface area (Å²) in [7, 11) is 0. The molecule has 3 unspecified atom stereocenters. The van der Waals surface area contributed by atoms with Gasteiger partial charge in [0.2, 0.25) is 0 Å². The van der Waals surface area contributed by atoms with Crippen molar-refractivity contribution in [1.82, 2.24) is 5.32 Å². The van der Waals surface area contributed by atoms with Gasteiger partial charge in [-0.1, -0.05) is 6.92 Å². The second kappa shape index (κ2) is 3.87. The average Bonchev–Trinajstić information content (AvgIpc) is 2.42. The number of rotatable bonds is 1. The molecule has 1 N–H and O–H groups in total. The fraction of sp³-hybridized carbons (Fsp3) is 0.917. The van der Waals surface area contributed by atoms with Crippen molar-refractivity contribution in [3.05, 3.63) is 0 Å². The van der Waals surface area contributed by atoms with Gasteiger partial charge in [-0.25, -0.2) is 0 Å². The largest absolute Gasteiger partial charge is 0.367 e. The molecule has 0 aromatic rings. The van der Waals surface area contributed by atoms with Crippen LogP contribution in [0.25, 0.3) is 0 Å². The molecule has 86 valence electrons. The van der Waals surface area contributed by atoms with E-state index in [0.717, 1.165) is 18.9 Å². The summed E-state index contributed by atoms with van der Waals surface area (Å²) in [5.74, 6) is 1.07. The molecule has 0 amide bonds. The Balaban J connectivity index is 2.03. The molecule has 3 heteroatoms. The Hall–Kier alpha value is -0.410. The van der Waals surface area contributed by atoms with Crippen molar-refractivity contribution >= 4 is 5.78 Å². The number of hydrogen-bond donors (Lipinski definition) is 1. The van der Waals surface area contributed by atoms with Gasteiger partial charge >= 0.3 is 0 Å². The van der Waals surface area contributed by atoms with Gasteiger partial charge in [0.05, 0.1) is 12.5 Å². The summed E-state index contributed by atoms with van der Waals surface area (Å²) < 4.78 is 5.56. The first kappa shape index (κ1) is 11.1. The van der Waals surface area contributed by atoms with Crippen molar-refractivity contribution in [2.75, 3.05) is 13.2 Å². The van der Waals surface area contributed by atoms with Crippen molar-refractivity contribution < 1.29 is 9.53 Å². The van der Waals surface area contributed by atoms with Crippen LogP contribution in [0.3, 0.4) is 0 Å². The van der Waals surface area contributed by atoms with E-state index < -0.39 is 5.60 Å². The minimum absolute atomic E-state index is 0.0720. The maximum atomic E-state index is 12.1. The normalized spacial score (nSPS) is 40.7. The predicted molar refractivity (Wildman–Crippen MR) is 58.7 cm³/mol. The van der Waals surface area contributed by atoms with Gasteiger partial charge in [0, 0.05) is 6.04 Å². The van der Waals surface area contributed by atoms with Crippen LogP contribution in [0.2, 0.25) is 0 Å². The molecular formula is C12H21NO2. The molecule has 2 heterocycles. The Morgan fingerprint density at radius 2 is 2.20 bits per heavy atom. The van der Waals surface area contributed by atoms with Crippen LogP contribution in [0.4, 0.5) is 0 Å². The highest BCUT2D eigenvalue weighted by Gasteiger charge is 2.45. The number of carbonyl (C=O) groups excluding carboxylic acids is 1. The minimum Gasteiger partial charge on any atom is -0.367 e. The number of hydrogen-bond acceptors (Lipinski definition) is 3. The third-order valence-corrected chi connectivity index (χ3v) is 3.74. The maximum Gasteiger partial charge on any atom is 0.170 e. The number of nitrogens with one attached hydrogen (secondary N) is 1. The summed E-state index contributed by atoms with van der Waals surface area (Å²) in [6.07, 6.45) is 2.33. The molecular weight excluding hydrogens is 190 g/mol. The van der Waals surface area contributed by atoms with Crippen LogP contribution in [-0.2, 0) is 9.53 Å². The smallest absolute Gasteiger partial charge is 0.170 e. The summed E-state index contributed by atoms with van der Waals surface area (Å²) in [5, 5.41) is 3.46. The first-order valence-electron chi connectivity index (χ1n) is 5.92. The van der Waals surface area contributed by atoms with E-state index in [-0.39, 0.29) is 11.7 Å². The Morgan fingerprint density at radius 1 is 1.47 bits per heavy atom. The lowest BCUT2D eigenvalue weighted by atomic mass is 9.83. The van der Waals surface area contributed by atoms with Gasteiger partial charge in [-0.3, -0.25) is 4.79 Å². The molecule has 0 saturated carbocycles. The lowest BCUT2D eigenvalue weighted by Crippen LogP contribution is -2.46. The zero-order chi connectivity index (χ0) is 11.1. The highest BCUT2D eigenvalue weighted by atomic mass is 16.5. The zero-order valence-electron chi connectivity index (χ0n) is 9.88. The number of carbonyl (C=O) groups is 1. The third-order valence-electron chi connectivity index (χ3n) is 3.74. The van der Waals surface area contributed by atoms with Crippen LogP contribution in [-0.4, -0.2) is 30.6 Å². The van der Waals surface area contributed by atoms with E-state index in [2.05, 4.69) is 12.2 Å². The second-order valence-electron chi connectivity index (χ2n) is 5.48. The molecule has 0 bridgehead atoms. The summed E-state index contributed by atoms with van der Waals surface area (Å²) in [5.41, 5.74) is -0.562.